The maximum atomic E-state index is 15.1. The fourth-order valence-electron chi connectivity index (χ4n) is 8.50. The minimum Gasteiger partial charge on any atom is -0.497 e. The second-order valence-corrected chi connectivity index (χ2v) is 17.3. The van der Waals surface area contributed by atoms with E-state index in [0.29, 0.717) is 29.8 Å². The molecule has 2 aliphatic rings. The Balaban J connectivity index is 1.27. The van der Waals surface area contributed by atoms with E-state index in [1.54, 1.807) is 36.5 Å². The number of methoxy groups -OCH3 is 2. The lowest BCUT2D eigenvalue weighted by molar-refractivity contribution is -0.387. The smallest absolute Gasteiger partial charge is 0.410 e. The van der Waals surface area contributed by atoms with Gasteiger partial charge < -0.3 is 33.7 Å². The van der Waals surface area contributed by atoms with Crippen LogP contribution in [0.2, 0.25) is 0 Å². The van der Waals surface area contributed by atoms with Crippen LogP contribution in [0.15, 0.2) is 120 Å². The number of hydrogen-bond acceptors (Lipinski definition) is 11. The summed E-state index contributed by atoms with van der Waals surface area (Å²) in [5.74, 6) is -0.100. The van der Waals surface area contributed by atoms with Gasteiger partial charge in [0.15, 0.2) is 10.6 Å². The highest BCUT2D eigenvalue weighted by Gasteiger charge is 2.43. The highest BCUT2D eigenvalue weighted by molar-refractivity contribution is 7.93. The SMILES string of the molecule is COC[C@]1(O)CCCC[C@H]1n1cnc(C(=O)N2CCN(C(=O)OCc3ccccc3)C[C@H]2CCN(c2cccc(OC)c2)S(=O)(=O)c2ccccc2[N+](=O)[O-])c1-c1ccccc1. The summed E-state index contributed by atoms with van der Waals surface area (Å²) in [4.78, 5) is 47.4. The zero-order valence-corrected chi connectivity index (χ0v) is 35.4. The molecule has 4 aromatic carbocycles. The lowest BCUT2D eigenvalue weighted by atomic mass is 9.80. The number of amides is 2. The Kier molecular flexibility index (Phi) is 13.5. The first-order valence-corrected chi connectivity index (χ1v) is 21.9. The quantitative estimate of drug-likeness (QED) is 0.0871. The highest BCUT2D eigenvalue weighted by Crippen LogP contribution is 2.41. The molecule has 0 spiro atoms. The number of imidazole rings is 1. The van der Waals surface area contributed by atoms with Gasteiger partial charge in [0.05, 0.1) is 48.4 Å². The molecular weight excluding hydrogens is 817 g/mol. The molecule has 62 heavy (non-hydrogen) atoms. The van der Waals surface area contributed by atoms with Gasteiger partial charge >= 0.3 is 6.09 Å². The summed E-state index contributed by atoms with van der Waals surface area (Å²) in [5, 5.41) is 24.0. The van der Waals surface area contributed by atoms with Crippen LogP contribution in [0.1, 0.15) is 54.2 Å². The Labute approximate surface area is 360 Å². The number of sulfonamides is 1. The summed E-state index contributed by atoms with van der Waals surface area (Å²) >= 11 is 0. The molecule has 0 bridgehead atoms. The Morgan fingerprint density at radius 2 is 1.68 bits per heavy atom. The van der Waals surface area contributed by atoms with Crippen molar-refractivity contribution in [3.8, 4) is 17.0 Å². The van der Waals surface area contributed by atoms with E-state index >= 15 is 4.79 Å². The molecule has 1 saturated carbocycles. The molecule has 17 heteroatoms. The topological polar surface area (TPSA) is 187 Å². The third kappa shape index (κ3) is 9.29. The molecule has 2 amide bonds. The molecule has 3 atom stereocenters. The van der Waals surface area contributed by atoms with Crippen molar-refractivity contribution in [2.24, 2.45) is 0 Å². The Morgan fingerprint density at radius 3 is 2.40 bits per heavy atom. The third-order valence-corrected chi connectivity index (χ3v) is 13.4. The average Bonchev–Trinajstić information content (AvgIpc) is 3.73. The lowest BCUT2D eigenvalue weighted by Gasteiger charge is -2.42. The van der Waals surface area contributed by atoms with E-state index in [1.807, 2.05) is 65.2 Å². The largest absolute Gasteiger partial charge is 0.497 e. The Morgan fingerprint density at radius 1 is 0.952 bits per heavy atom. The van der Waals surface area contributed by atoms with Gasteiger partial charge in [-0.1, -0.05) is 91.7 Å². The van der Waals surface area contributed by atoms with Crippen molar-refractivity contribution in [1.29, 1.82) is 0 Å². The van der Waals surface area contributed by atoms with Gasteiger partial charge in [-0.15, -0.1) is 0 Å². The van der Waals surface area contributed by atoms with Crippen molar-refractivity contribution in [2.45, 2.75) is 61.3 Å². The first-order chi connectivity index (χ1) is 29.9. The number of nitro groups is 1. The number of anilines is 1. The molecule has 326 valence electrons. The number of carbonyl (C=O) groups excluding carboxylic acids is 2. The minimum absolute atomic E-state index is 0.0110. The van der Waals surface area contributed by atoms with Crippen LogP contribution in [0, 0.1) is 10.1 Å². The number of aliphatic hydroxyl groups is 1. The predicted octanol–water partition coefficient (Wildman–Crippen LogP) is 6.71. The van der Waals surface area contributed by atoms with Gasteiger partial charge in [-0.2, -0.15) is 0 Å². The van der Waals surface area contributed by atoms with E-state index in [-0.39, 0.29) is 57.2 Å². The van der Waals surface area contributed by atoms with Crippen molar-refractivity contribution in [3.63, 3.8) is 0 Å². The summed E-state index contributed by atoms with van der Waals surface area (Å²) in [6.45, 7) is 0.00933. The van der Waals surface area contributed by atoms with Crippen molar-refractivity contribution in [3.05, 3.63) is 137 Å². The first kappa shape index (κ1) is 43.8. The number of nitro benzene ring substituents is 1. The molecule has 1 aliphatic carbocycles. The number of hydrogen-bond donors (Lipinski definition) is 1. The molecule has 0 unspecified atom stereocenters. The number of ether oxygens (including phenoxy) is 3. The first-order valence-electron chi connectivity index (χ1n) is 20.5. The monoisotopic (exact) mass is 866 g/mol. The van der Waals surface area contributed by atoms with Crippen molar-refractivity contribution in [2.75, 3.05) is 51.3 Å². The average molecular weight is 867 g/mol. The third-order valence-electron chi connectivity index (χ3n) is 11.6. The normalized spacial score (nSPS) is 19.1. The minimum atomic E-state index is -4.60. The molecular formula is C45H50N6O10S. The molecule has 1 saturated heterocycles. The predicted molar refractivity (Wildman–Crippen MR) is 230 cm³/mol. The molecule has 2 heterocycles. The fraction of sp³-hybridized carbons (Fsp3) is 0.356. The van der Waals surface area contributed by atoms with Crippen LogP contribution in [-0.2, 0) is 26.1 Å². The Hall–Kier alpha value is -6.30. The van der Waals surface area contributed by atoms with E-state index in [9.17, 15) is 28.4 Å². The molecule has 0 radical (unpaired) electrons. The van der Waals surface area contributed by atoms with Gasteiger partial charge in [0, 0.05) is 51.0 Å². The number of rotatable bonds is 15. The van der Waals surface area contributed by atoms with E-state index in [2.05, 4.69) is 0 Å². The van der Waals surface area contributed by atoms with Crippen molar-refractivity contribution < 1.29 is 42.2 Å². The maximum Gasteiger partial charge on any atom is 0.410 e. The maximum absolute atomic E-state index is 15.1. The zero-order chi connectivity index (χ0) is 43.9. The van der Waals surface area contributed by atoms with E-state index < -0.39 is 55.2 Å². The van der Waals surface area contributed by atoms with Gasteiger partial charge in [0.25, 0.3) is 21.6 Å². The molecule has 2 fully saturated rings. The number of piperazine rings is 1. The summed E-state index contributed by atoms with van der Waals surface area (Å²) in [5.41, 5.74) is 0.506. The van der Waals surface area contributed by atoms with Crippen LogP contribution < -0.4 is 9.04 Å². The highest BCUT2D eigenvalue weighted by atomic mass is 32.2. The zero-order valence-electron chi connectivity index (χ0n) is 34.6. The number of aromatic nitrogens is 2. The number of carbonyl (C=O) groups is 2. The number of nitrogens with zero attached hydrogens (tertiary/aromatic N) is 6. The van der Waals surface area contributed by atoms with Crippen LogP contribution >= 0.6 is 0 Å². The van der Waals surface area contributed by atoms with E-state index in [0.717, 1.165) is 28.8 Å². The van der Waals surface area contributed by atoms with Crippen LogP contribution in [0.3, 0.4) is 0 Å². The molecule has 1 aliphatic heterocycles. The van der Waals surface area contributed by atoms with Crippen molar-refractivity contribution >= 4 is 33.4 Å². The van der Waals surface area contributed by atoms with Crippen molar-refractivity contribution in [1.82, 2.24) is 19.4 Å². The molecule has 5 aromatic rings. The van der Waals surface area contributed by atoms with Gasteiger partial charge in [0.1, 0.15) is 18.0 Å². The molecule has 16 nitrogen and oxygen atoms in total. The van der Waals surface area contributed by atoms with Gasteiger partial charge in [0.2, 0.25) is 0 Å². The van der Waals surface area contributed by atoms with E-state index in [4.69, 9.17) is 19.2 Å². The molecule has 7 rings (SSSR count). The summed E-state index contributed by atoms with van der Waals surface area (Å²) in [7, 11) is -1.62. The summed E-state index contributed by atoms with van der Waals surface area (Å²) in [6, 6.07) is 28.8. The van der Waals surface area contributed by atoms with Gasteiger partial charge in [-0.05, 0) is 43.0 Å². The van der Waals surface area contributed by atoms with E-state index in [1.165, 1.54) is 36.3 Å². The van der Waals surface area contributed by atoms with Crippen LogP contribution in [0.4, 0.5) is 16.2 Å². The summed E-state index contributed by atoms with van der Waals surface area (Å²) in [6.07, 6.45) is 3.78. The van der Waals surface area contributed by atoms with Gasteiger partial charge in [-0.3, -0.25) is 19.2 Å². The Bertz CT molecular complexity index is 2470. The summed E-state index contributed by atoms with van der Waals surface area (Å²) < 4.78 is 48.7. The standard InChI is InChI=1S/C45H50N6O10S/c1-59-31-45(54)24-12-11-22-40(45)49-32-46-41(42(49)34-16-7-4-8-17-34)43(52)48-27-26-47(44(53)61-30-33-14-5-3-6-15-33)29-36(48)23-25-50(35-18-13-19-37(28-35)60-2)62(57,58)39-21-10-9-20-38(39)51(55)56/h3-10,13-21,28,32,36,40,54H,11-12,22-27,29-31H2,1-2H3/t36-,40-,45-/m1/s1. The second-order valence-electron chi connectivity index (χ2n) is 15.4. The fourth-order valence-corrected chi connectivity index (χ4v) is 10.1. The van der Waals surface area contributed by atoms with Crippen LogP contribution in [-0.4, -0.2) is 108 Å². The lowest BCUT2D eigenvalue weighted by Crippen LogP contribution is -2.57. The molecule has 1 N–H and O–H groups in total. The van der Waals surface area contributed by atoms with Crippen LogP contribution in [0.25, 0.3) is 11.3 Å². The number of benzene rings is 4. The second kappa shape index (κ2) is 19.2. The van der Waals surface area contributed by atoms with Crippen LogP contribution in [0.5, 0.6) is 5.75 Å². The van der Waals surface area contributed by atoms with Gasteiger partial charge in [-0.25, -0.2) is 18.2 Å². The number of para-hydroxylation sites is 1. The molecule has 1 aromatic heterocycles.